The summed E-state index contributed by atoms with van der Waals surface area (Å²) in [5.41, 5.74) is 1.94. The lowest BCUT2D eigenvalue weighted by Crippen LogP contribution is -2.23. The number of methoxy groups -OCH3 is 1. The summed E-state index contributed by atoms with van der Waals surface area (Å²) < 4.78 is 6.68. The third-order valence-corrected chi connectivity index (χ3v) is 5.02. The molecule has 0 bridgehead atoms. The number of imidazole rings is 1. The second-order valence-electron chi connectivity index (χ2n) is 7.00. The van der Waals surface area contributed by atoms with Gasteiger partial charge in [0.05, 0.1) is 24.9 Å². The van der Waals surface area contributed by atoms with Crippen LogP contribution in [0.15, 0.2) is 35.6 Å². The van der Waals surface area contributed by atoms with Crippen LogP contribution in [-0.4, -0.2) is 70.3 Å². The first-order valence-corrected chi connectivity index (χ1v) is 9.68. The summed E-state index contributed by atoms with van der Waals surface area (Å²) in [6.07, 6.45) is 5.09. The van der Waals surface area contributed by atoms with Crippen LogP contribution in [-0.2, 0) is 4.79 Å². The van der Waals surface area contributed by atoms with Gasteiger partial charge < -0.3 is 20.3 Å². The van der Waals surface area contributed by atoms with E-state index in [0.29, 0.717) is 41.7 Å². The number of carbonyl (C=O) groups excluding carboxylic acids is 2. The molecule has 1 fully saturated rings. The van der Waals surface area contributed by atoms with Gasteiger partial charge in [-0.1, -0.05) is 0 Å². The number of carbonyl (C=O) groups is 2. The largest absolute Gasteiger partial charge is 0.480 e. The van der Waals surface area contributed by atoms with E-state index < -0.39 is 5.91 Å². The maximum absolute atomic E-state index is 12.7. The minimum absolute atomic E-state index is 0.0396. The van der Waals surface area contributed by atoms with Crippen LogP contribution in [0.5, 0.6) is 5.88 Å². The van der Waals surface area contributed by atoms with E-state index in [1.165, 1.54) is 24.0 Å². The molecule has 31 heavy (non-hydrogen) atoms. The van der Waals surface area contributed by atoms with Crippen molar-refractivity contribution in [2.24, 2.45) is 10.9 Å². The molecule has 3 aromatic rings. The van der Waals surface area contributed by atoms with Crippen molar-refractivity contribution in [3.05, 3.63) is 36.3 Å². The number of likely N-dealkylation sites (tertiary alicyclic amines) is 1. The van der Waals surface area contributed by atoms with Crippen molar-refractivity contribution in [2.75, 3.05) is 38.4 Å². The third-order valence-electron chi connectivity index (χ3n) is 5.02. The quantitative estimate of drug-likeness (QED) is 0.574. The molecule has 0 aromatic carbocycles. The van der Waals surface area contributed by atoms with E-state index in [1.54, 1.807) is 43.4 Å². The number of ether oxygens (including phenoxy) is 1. The smallest absolute Gasteiger partial charge is 0.296 e. The Morgan fingerprint density at radius 3 is 2.90 bits per heavy atom. The van der Waals surface area contributed by atoms with Crippen LogP contribution in [0.4, 0.5) is 17.2 Å². The summed E-state index contributed by atoms with van der Waals surface area (Å²) in [5.74, 6) is -0.0909. The van der Waals surface area contributed by atoms with Gasteiger partial charge in [0.25, 0.3) is 5.91 Å². The summed E-state index contributed by atoms with van der Waals surface area (Å²) in [6.45, 7) is 0.652. The highest BCUT2D eigenvalue weighted by molar-refractivity contribution is 6.03. The molecule has 4 heterocycles. The lowest BCUT2D eigenvalue weighted by Gasteiger charge is -2.11. The number of rotatable bonds is 6. The van der Waals surface area contributed by atoms with Crippen LogP contribution < -0.4 is 15.4 Å². The van der Waals surface area contributed by atoms with Crippen LogP contribution in [0.1, 0.15) is 16.9 Å². The Balaban J connectivity index is 1.66. The molecule has 160 valence electrons. The monoisotopic (exact) mass is 422 g/mol. The Morgan fingerprint density at radius 1 is 1.35 bits per heavy atom. The van der Waals surface area contributed by atoms with E-state index in [4.69, 9.17) is 4.74 Å². The van der Waals surface area contributed by atoms with Crippen LogP contribution in [0.25, 0.3) is 5.65 Å². The number of fused-ring (bicyclic) bond motifs is 1. The molecule has 0 spiro atoms. The van der Waals surface area contributed by atoms with Crippen LogP contribution in [0, 0.1) is 5.92 Å². The molecule has 1 aliphatic heterocycles. The van der Waals surface area contributed by atoms with E-state index in [0.717, 1.165) is 0 Å². The summed E-state index contributed by atoms with van der Waals surface area (Å²) in [4.78, 5) is 38.9. The number of aliphatic imine (C=N–C) groups is 1. The number of anilines is 3. The molecule has 1 aliphatic rings. The molecule has 4 rings (SSSR count). The third kappa shape index (κ3) is 3.89. The van der Waals surface area contributed by atoms with Gasteiger partial charge in [-0.2, -0.15) is 0 Å². The lowest BCUT2D eigenvalue weighted by atomic mass is 10.1. The Labute approximate surface area is 178 Å². The van der Waals surface area contributed by atoms with E-state index in [1.807, 2.05) is 0 Å². The molecule has 1 atom stereocenters. The summed E-state index contributed by atoms with van der Waals surface area (Å²) in [5, 5.41) is 10.7. The van der Waals surface area contributed by atoms with Crippen LogP contribution >= 0.6 is 0 Å². The number of nitrogens with zero attached hydrogens (tertiary/aromatic N) is 6. The van der Waals surface area contributed by atoms with Crippen LogP contribution in [0.2, 0.25) is 0 Å². The summed E-state index contributed by atoms with van der Waals surface area (Å²) >= 11 is 0. The fraction of sp³-hybridized carbons (Fsp3) is 0.300. The van der Waals surface area contributed by atoms with Gasteiger partial charge in [0.2, 0.25) is 11.8 Å². The van der Waals surface area contributed by atoms with Gasteiger partial charge in [-0.25, -0.2) is 19.5 Å². The number of hydrogen-bond acceptors (Lipinski definition) is 8. The van der Waals surface area contributed by atoms with E-state index in [2.05, 4.69) is 30.7 Å². The topological polar surface area (TPSA) is 126 Å². The normalized spacial score (nSPS) is 16.3. The van der Waals surface area contributed by atoms with Crippen molar-refractivity contribution in [1.82, 2.24) is 24.5 Å². The zero-order valence-corrected chi connectivity index (χ0v) is 17.4. The number of nitrogens with one attached hydrogen (secondary N) is 2. The van der Waals surface area contributed by atoms with Crippen molar-refractivity contribution in [2.45, 2.75) is 6.42 Å². The molecule has 0 saturated carbocycles. The van der Waals surface area contributed by atoms with Crippen molar-refractivity contribution < 1.29 is 14.3 Å². The van der Waals surface area contributed by atoms with Gasteiger partial charge >= 0.3 is 0 Å². The van der Waals surface area contributed by atoms with Gasteiger partial charge in [0.1, 0.15) is 5.69 Å². The van der Waals surface area contributed by atoms with Gasteiger partial charge in [-0.15, -0.1) is 5.10 Å². The van der Waals surface area contributed by atoms with Gasteiger partial charge in [-0.3, -0.25) is 9.59 Å². The highest BCUT2D eigenvalue weighted by Crippen LogP contribution is 2.27. The molecule has 1 unspecified atom stereocenters. The number of aromatic nitrogens is 4. The standard InChI is InChI=1S/C20H22N8O3/c1-21-14-9-16(25-13-5-4-7-22-19(13)31-3)26-28-15(11-23-17(14)28)18(29)24-10-12-6-8-27(2)20(12)30/h4-5,7,9-12,21H,6,8H2,1-3H3,(H,25,26). The van der Waals surface area contributed by atoms with E-state index >= 15 is 0 Å². The molecular formula is C20H22N8O3. The fourth-order valence-electron chi connectivity index (χ4n) is 3.36. The Bertz CT molecular complexity index is 1170. The predicted molar refractivity (Wildman–Crippen MR) is 115 cm³/mol. The maximum Gasteiger partial charge on any atom is 0.296 e. The summed E-state index contributed by atoms with van der Waals surface area (Å²) in [6, 6.07) is 5.33. The second kappa shape index (κ2) is 8.38. The average molecular weight is 422 g/mol. The number of hydrogen-bond donors (Lipinski definition) is 2. The van der Waals surface area contributed by atoms with Crippen molar-refractivity contribution in [3.63, 3.8) is 0 Å². The molecule has 2 amide bonds. The average Bonchev–Trinajstić information content (AvgIpc) is 3.35. The number of amides is 2. The first-order chi connectivity index (χ1) is 15.0. The predicted octanol–water partition coefficient (Wildman–Crippen LogP) is 1.61. The van der Waals surface area contributed by atoms with Crippen molar-refractivity contribution >= 4 is 40.9 Å². The lowest BCUT2D eigenvalue weighted by molar-refractivity contribution is -0.128. The van der Waals surface area contributed by atoms with Crippen LogP contribution in [0.3, 0.4) is 0 Å². The molecular weight excluding hydrogens is 400 g/mol. The SMILES string of the molecule is CNc1cc(Nc2cccnc2OC)nn2c(C(=O)N=CC3CCN(C)C3=O)cnc12. The van der Waals surface area contributed by atoms with Crippen molar-refractivity contribution in [3.8, 4) is 5.88 Å². The Hall–Kier alpha value is -4.02. The van der Waals surface area contributed by atoms with E-state index in [-0.39, 0.29) is 17.5 Å². The van der Waals surface area contributed by atoms with Gasteiger partial charge in [0.15, 0.2) is 17.2 Å². The molecule has 0 radical (unpaired) electrons. The highest BCUT2D eigenvalue weighted by Gasteiger charge is 2.28. The Morgan fingerprint density at radius 2 is 2.19 bits per heavy atom. The Kier molecular flexibility index (Phi) is 5.48. The maximum atomic E-state index is 12.7. The summed E-state index contributed by atoms with van der Waals surface area (Å²) in [7, 11) is 5.01. The van der Waals surface area contributed by atoms with Gasteiger partial charge in [0, 0.05) is 39.1 Å². The van der Waals surface area contributed by atoms with Crippen molar-refractivity contribution in [1.29, 1.82) is 0 Å². The zero-order valence-electron chi connectivity index (χ0n) is 17.4. The molecule has 1 saturated heterocycles. The van der Waals surface area contributed by atoms with Gasteiger partial charge in [-0.05, 0) is 18.6 Å². The molecule has 3 aromatic heterocycles. The molecule has 11 heteroatoms. The molecule has 2 N–H and O–H groups in total. The second-order valence-corrected chi connectivity index (χ2v) is 7.00. The zero-order chi connectivity index (χ0) is 22.0. The number of pyridine rings is 1. The first-order valence-electron chi connectivity index (χ1n) is 9.68. The first kappa shape index (κ1) is 20.3. The minimum atomic E-state index is -0.527. The highest BCUT2D eigenvalue weighted by atomic mass is 16.5. The van der Waals surface area contributed by atoms with E-state index in [9.17, 15) is 9.59 Å². The molecule has 0 aliphatic carbocycles. The molecule has 11 nitrogen and oxygen atoms in total. The minimum Gasteiger partial charge on any atom is -0.480 e. The fourth-order valence-corrected chi connectivity index (χ4v) is 3.36.